The SMILES string of the molecule is CC(C)C[C@H](NC(=O)[C@@H](N)Cc1c[nH]cn1)C(=O)N[C@@H](Cc1c[nH]cn1)C(=O)N[C@@H](CCCCN)C(=O)N[C@@H](Cc1c[nH]cn1)C(=O)O. The van der Waals surface area contributed by atoms with Crippen molar-refractivity contribution in [3.8, 4) is 0 Å². The molecule has 12 N–H and O–H groups in total. The predicted octanol–water partition coefficient (Wildman–Crippen LogP) is -1.59. The molecule has 3 heterocycles. The highest BCUT2D eigenvalue weighted by atomic mass is 16.4. The number of unbranched alkanes of at least 4 members (excludes halogenated alkanes) is 1. The lowest BCUT2D eigenvalue weighted by Crippen LogP contribution is -2.59. The molecule has 0 fully saturated rings. The second-order valence-corrected chi connectivity index (χ2v) is 11.9. The maximum Gasteiger partial charge on any atom is 0.326 e. The zero-order valence-electron chi connectivity index (χ0n) is 27.1. The van der Waals surface area contributed by atoms with Crippen LogP contribution in [0.4, 0.5) is 0 Å². The summed E-state index contributed by atoms with van der Waals surface area (Å²) < 4.78 is 0. The average molecular weight is 671 g/mol. The van der Waals surface area contributed by atoms with E-state index in [4.69, 9.17) is 11.5 Å². The first kappa shape index (κ1) is 37.4. The molecule has 0 radical (unpaired) electrons. The molecule has 0 aromatic carbocycles. The van der Waals surface area contributed by atoms with E-state index < -0.39 is 59.8 Å². The van der Waals surface area contributed by atoms with Gasteiger partial charge in [-0.2, -0.15) is 0 Å². The van der Waals surface area contributed by atoms with Gasteiger partial charge in [-0.15, -0.1) is 0 Å². The molecule has 0 aliphatic heterocycles. The van der Waals surface area contributed by atoms with E-state index in [0.717, 1.165) is 0 Å². The minimum atomic E-state index is -1.31. The first-order valence-electron chi connectivity index (χ1n) is 15.8. The summed E-state index contributed by atoms with van der Waals surface area (Å²) in [5.41, 5.74) is 13.2. The van der Waals surface area contributed by atoms with Gasteiger partial charge in [0.05, 0.1) is 42.1 Å². The van der Waals surface area contributed by atoms with Gasteiger partial charge in [0, 0.05) is 37.9 Å². The molecule has 3 aromatic heterocycles. The lowest BCUT2D eigenvalue weighted by Gasteiger charge is -2.27. The maximum atomic E-state index is 13.8. The first-order chi connectivity index (χ1) is 23.0. The lowest BCUT2D eigenvalue weighted by molar-refractivity contribution is -0.142. The first-order valence-corrected chi connectivity index (χ1v) is 15.8. The van der Waals surface area contributed by atoms with Crippen molar-refractivity contribution in [2.24, 2.45) is 17.4 Å². The van der Waals surface area contributed by atoms with Gasteiger partial charge in [-0.3, -0.25) is 19.2 Å². The van der Waals surface area contributed by atoms with Crippen molar-refractivity contribution in [1.82, 2.24) is 51.2 Å². The highest BCUT2D eigenvalue weighted by molar-refractivity contribution is 5.95. The summed E-state index contributed by atoms with van der Waals surface area (Å²) in [6, 6.07) is -5.67. The molecular weight excluding hydrogens is 624 g/mol. The smallest absolute Gasteiger partial charge is 0.326 e. The number of hydrogen-bond donors (Lipinski definition) is 10. The summed E-state index contributed by atoms with van der Waals surface area (Å²) in [5, 5.41) is 20.3. The number of nitrogens with two attached hydrogens (primary N) is 2. The number of nitrogens with one attached hydrogen (secondary N) is 7. The summed E-state index contributed by atoms with van der Waals surface area (Å²) in [6.07, 6.45) is 10.4. The van der Waals surface area contributed by atoms with Crippen molar-refractivity contribution in [3.05, 3.63) is 54.7 Å². The van der Waals surface area contributed by atoms with Crippen molar-refractivity contribution < 1.29 is 29.1 Å². The van der Waals surface area contributed by atoms with Gasteiger partial charge in [0.25, 0.3) is 0 Å². The van der Waals surface area contributed by atoms with E-state index in [-0.39, 0.29) is 38.0 Å². The van der Waals surface area contributed by atoms with E-state index in [0.29, 0.717) is 36.5 Å². The number of carboxylic acids is 1. The molecule has 4 amide bonds. The molecule has 0 aliphatic rings. The summed E-state index contributed by atoms with van der Waals surface area (Å²) in [4.78, 5) is 86.3. The van der Waals surface area contributed by atoms with Gasteiger partial charge in [-0.05, 0) is 38.1 Å². The summed E-state index contributed by atoms with van der Waals surface area (Å²) in [6.45, 7) is 4.11. The number of imidazole rings is 3. The maximum absolute atomic E-state index is 13.8. The number of aromatic nitrogens is 6. The number of hydrogen-bond acceptors (Lipinski definition) is 10. The molecule has 0 saturated carbocycles. The van der Waals surface area contributed by atoms with Crippen LogP contribution in [-0.2, 0) is 43.2 Å². The van der Waals surface area contributed by atoms with Crippen molar-refractivity contribution in [2.75, 3.05) is 6.54 Å². The van der Waals surface area contributed by atoms with Crippen molar-refractivity contribution >= 4 is 29.6 Å². The third-order valence-electron chi connectivity index (χ3n) is 7.42. The summed E-state index contributed by atoms with van der Waals surface area (Å²) >= 11 is 0. The van der Waals surface area contributed by atoms with E-state index in [2.05, 4.69) is 51.2 Å². The Bertz CT molecular complexity index is 1430. The molecule has 18 nitrogen and oxygen atoms in total. The fourth-order valence-corrected chi connectivity index (χ4v) is 4.91. The third kappa shape index (κ3) is 12.3. The third-order valence-corrected chi connectivity index (χ3v) is 7.42. The number of rotatable bonds is 21. The molecule has 18 heteroatoms. The molecule has 0 aliphatic carbocycles. The number of carbonyl (C=O) groups is 5. The Morgan fingerprint density at radius 1 is 0.688 bits per heavy atom. The summed E-state index contributed by atoms with van der Waals surface area (Å²) in [7, 11) is 0. The molecule has 48 heavy (non-hydrogen) atoms. The number of aromatic amines is 3. The van der Waals surface area contributed by atoms with Crippen LogP contribution in [0.5, 0.6) is 0 Å². The zero-order chi connectivity index (χ0) is 35.1. The van der Waals surface area contributed by atoms with E-state index in [9.17, 15) is 29.1 Å². The quantitative estimate of drug-likeness (QED) is 0.0576. The number of H-pyrrole nitrogens is 3. The minimum absolute atomic E-state index is 0.0125. The Kier molecular flexibility index (Phi) is 14.7. The predicted molar refractivity (Wildman–Crippen MR) is 173 cm³/mol. The zero-order valence-corrected chi connectivity index (χ0v) is 27.1. The van der Waals surface area contributed by atoms with E-state index in [1.54, 1.807) is 12.4 Å². The molecule has 262 valence electrons. The topological polar surface area (TPSA) is 292 Å². The Morgan fingerprint density at radius 3 is 1.65 bits per heavy atom. The van der Waals surface area contributed by atoms with Crippen LogP contribution in [0.15, 0.2) is 37.6 Å². The van der Waals surface area contributed by atoms with Crippen molar-refractivity contribution in [3.63, 3.8) is 0 Å². The summed E-state index contributed by atoms with van der Waals surface area (Å²) in [5.74, 6) is -3.90. The standard InChI is InChI=1S/C30H46N12O6/c1-17(2)7-23(40-26(43)21(32)8-18-11-33-14-36-18)28(45)41-24(9-19-12-34-15-37-19)29(46)39-22(5-3-4-6-31)27(44)42-25(30(47)48)10-20-13-35-16-38-20/h11-17,21-25H,3-10,31-32H2,1-2H3,(H,33,36)(H,34,37)(H,35,38)(H,39,46)(H,40,43)(H,41,45)(H,42,44)(H,47,48)/t21-,22-,23-,24-,25-/m0/s1. The van der Waals surface area contributed by atoms with Crippen LogP contribution in [0.2, 0.25) is 0 Å². The van der Waals surface area contributed by atoms with Crippen LogP contribution < -0.4 is 32.7 Å². The van der Waals surface area contributed by atoms with Crippen LogP contribution in [0.1, 0.15) is 56.6 Å². The van der Waals surface area contributed by atoms with E-state index in [1.165, 1.54) is 25.2 Å². The van der Waals surface area contributed by atoms with E-state index >= 15 is 0 Å². The van der Waals surface area contributed by atoms with Gasteiger partial charge < -0.3 is 52.8 Å². The number of aliphatic carboxylic acids is 1. The van der Waals surface area contributed by atoms with Crippen molar-refractivity contribution in [2.45, 2.75) is 89.0 Å². The molecule has 3 rings (SSSR count). The van der Waals surface area contributed by atoms with Crippen LogP contribution in [0.25, 0.3) is 0 Å². The number of nitrogens with zero attached hydrogens (tertiary/aromatic N) is 3. The molecular formula is C30H46N12O6. The normalized spacial score (nSPS) is 14.4. The van der Waals surface area contributed by atoms with Gasteiger partial charge in [0.2, 0.25) is 23.6 Å². The Labute approximate surface area is 277 Å². The van der Waals surface area contributed by atoms with Gasteiger partial charge >= 0.3 is 5.97 Å². The van der Waals surface area contributed by atoms with Crippen LogP contribution in [0, 0.1) is 5.92 Å². The van der Waals surface area contributed by atoms with Crippen molar-refractivity contribution in [1.29, 1.82) is 0 Å². The van der Waals surface area contributed by atoms with Crippen LogP contribution in [-0.4, -0.2) is 101 Å². The molecule has 0 unspecified atom stereocenters. The highest BCUT2D eigenvalue weighted by Crippen LogP contribution is 2.10. The second kappa shape index (κ2) is 18.9. The second-order valence-electron chi connectivity index (χ2n) is 11.9. The molecule has 0 saturated heterocycles. The fraction of sp³-hybridized carbons (Fsp3) is 0.533. The van der Waals surface area contributed by atoms with Gasteiger partial charge in [0.1, 0.15) is 24.2 Å². The number of carboxylic acid groups (broad SMARTS) is 1. The number of carbonyl (C=O) groups excluding carboxylic acids is 4. The van der Waals surface area contributed by atoms with E-state index in [1.807, 2.05) is 13.8 Å². The highest BCUT2D eigenvalue weighted by Gasteiger charge is 2.32. The Morgan fingerprint density at radius 2 is 1.15 bits per heavy atom. The molecule has 3 aromatic rings. The molecule has 0 bridgehead atoms. The van der Waals surface area contributed by atoms with Crippen LogP contribution >= 0.6 is 0 Å². The Balaban J connectivity index is 1.77. The molecule has 5 atom stereocenters. The lowest BCUT2D eigenvalue weighted by atomic mass is 10.0. The fourth-order valence-electron chi connectivity index (χ4n) is 4.91. The average Bonchev–Trinajstić information content (AvgIpc) is 3.84. The molecule has 0 spiro atoms. The minimum Gasteiger partial charge on any atom is -0.480 e. The van der Waals surface area contributed by atoms with Gasteiger partial charge in [-0.25, -0.2) is 19.7 Å². The monoisotopic (exact) mass is 670 g/mol. The number of amides is 4. The van der Waals surface area contributed by atoms with Crippen LogP contribution in [0.3, 0.4) is 0 Å². The largest absolute Gasteiger partial charge is 0.480 e. The van der Waals surface area contributed by atoms with Gasteiger partial charge in [-0.1, -0.05) is 13.8 Å². The van der Waals surface area contributed by atoms with Gasteiger partial charge in [0.15, 0.2) is 0 Å². The Hall–Kier alpha value is -5.10.